The van der Waals surface area contributed by atoms with Gasteiger partial charge in [-0.1, -0.05) is 6.92 Å². The molecule has 1 unspecified atom stereocenters. The van der Waals surface area contributed by atoms with Gasteiger partial charge in [0.2, 0.25) is 5.91 Å². The van der Waals surface area contributed by atoms with E-state index < -0.39 is 0 Å². The number of hydrazine groups is 1. The smallest absolute Gasteiger partial charge is 0.233 e. The lowest BCUT2D eigenvalue weighted by molar-refractivity contribution is -0.121. The highest BCUT2D eigenvalue weighted by Crippen LogP contribution is 2.20. The molecule has 0 aromatic heterocycles. The van der Waals surface area contributed by atoms with E-state index in [-0.39, 0.29) is 11.4 Å². The van der Waals surface area contributed by atoms with Crippen LogP contribution in [0.5, 0.6) is 0 Å². The van der Waals surface area contributed by atoms with E-state index in [4.69, 9.17) is 5.84 Å². The highest BCUT2D eigenvalue weighted by Gasteiger charge is 2.25. The highest BCUT2D eigenvalue weighted by molar-refractivity contribution is 5.75. The van der Waals surface area contributed by atoms with E-state index in [0.29, 0.717) is 12.5 Å². The summed E-state index contributed by atoms with van der Waals surface area (Å²) in [5, 5.41) is 0. The molecular formula is C11H25N3O. The lowest BCUT2D eigenvalue weighted by atomic mass is 9.97. The molecule has 0 aliphatic rings. The van der Waals surface area contributed by atoms with Crippen molar-refractivity contribution < 1.29 is 4.79 Å². The summed E-state index contributed by atoms with van der Waals surface area (Å²) in [5.74, 6) is 4.94. The van der Waals surface area contributed by atoms with Crippen LogP contribution in [0.3, 0.4) is 0 Å². The summed E-state index contributed by atoms with van der Waals surface area (Å²) < 4.78 is 0. The Bertz CT molecular complexity index is 204. The summed E-state index contributed by atoms with van der Waals surface area (Å²) in [6.07, 6.45) is 2.42. The standard InChI is InChI=1S/C11H25N3O/c1-6-11(3,4)14(5)9(2)7-8-10(15)13-12/h9H,6-8,12H2,1-5H3,(H,13,15). The minimum atomic E-state index is -0.0930. The molecule has 0 aromatic carbocycles. The summed E-state index contributed by atoms with van der Waals surface area (Å²) in [5.41, 5.74) is 2.33. The molecule has 0 radical (unpaired) electrons. The maximum Gasteiger partial charge on any atom is 0.233 e. The second kappa shape index (κ2) is 6.08. The molecule has 0 aromatic rings. The van der Waals surface area contributed by atoms with Gasteiger partial charge in [-0.15, -0.1) is 0 Å². The van der Waals surface area contributed by atoms with Gasteiger partial charge in [-0.25, -0.2) is 5.84 Å². The average Bonchev–Trinajstić information content (AvgIpc) is 2.23. The van der Waals surface area contributed by atoms with Gasteiger partial charge in [0.05, 0.1) is 0 Å². The van der Waals surface area contributed by atoms with Crippen molar-refractivity contribution >= 4 is 5.91 Å². The van der Waals surface area contributed by atoms with Crippen LogP contribution in [0.25, 0.3) is 0 Å². The molecule has 0 heterocycles. The Morgan fingerprint density at radius 2 is 2.07 bits per heavy atom. The van der Waals surface area contributed by atoms with Gasteiger partial charge in [0.1, 0.15) is 0 Å². The van der Waals surface area contributed by atoms with Gasteiger partial charge < -0.3 is 0 Å². The van der Waals surface area contributed by atoms with Crippen molar-refractivity contribution in [2.75, 3.05) is 7.05 Å². The minimum absolute atomic E-state index is 0.0930. The molecule has 0 fully saturated rings. The Balaban J connectivity index is 4.10. The molecule has 0 aliphatic carbocycles. The van der Waals surface area contributed by atoms with Crippen molar-refractivity contribution in [1.29, 1.82) is 0 Å². The predicted molar refractivity (Wildman–Crippen MR) is 63.2 cm³/mol. The minimum Gasteiger partial charge on any atom is -0.299 e. The van der Waals surface area contributed by atoms with Crippen molar-refractivity contribution in [2.24, 2.45) is 5.84 Å². The maximum atomic E-state index is 11.0. The van der Waals surface area contributed by atoms with E-state index >= 15 is 0 Å². The second-order valence-corrected chi connectivity index (χ2v) is 4.73. The number of carbonyl (C=O) groups is 1. The van der Waals surface area contributed by atoms with E-state index in [1.165, 1.54) is 0 Å². The van der Waals surface area contributed by atoms with Gasteiger partial charge in [0, 0.05) is 18.0 Å². The number of amides is 1. The molecule has 90 valence electrons. The topological polar surface area (TPSA) is 58.4 Å². The Morgan fingerprint density at radius 3 is 2.47 bits per heavy atom. The first-order valence-electron chi connectivity index (χ1n) is 5.57. The van der Waals surface area contributed by atoms with Gasteiger partial charge in [-0.3, -0.25) is 15.1 Å². The Kier molecular flexibility index (Phi) is 5.83. The van der Waals surface area contributed by atoms with E-state index in [1.54, 1.807) is 0 Å². The highest BCUT2D eigenvalue weighted by atomic mass is 16.2. The molecule has 4 nitrogen and oxygen atoms in total. The second-order valence-electron chi connectivity index (χ2n) is 4.73. The molecule has 0 spiro atoms. The predicted octanol–water partition coefficient (Wildman–Crippen LogP) is 1.27. The molecule has 0 bridgehead atoms. The zero-order chi connectivity index (χ0) is 12.1. The number of nitrogens with two attached hydrogens (primary N) is 1. The zero-order valence-corrected chi connectivity index (χ0v) is 10.6. The number of hydrogen-bond donors (Lipinski definition) is 2. The number of rotatable bonds is 6. The fourth-order valence-corrected chi connectivity index (χ4v) is 1.45. The third-order valence-electron chi connectivity index (χ3n) is 3.43. The maximum absolute atomic E-state index is 11.0. The van der Waals surface area contributed by atoms with Gasteiger partial charge in [-0.05, 0) is 40.7 Å². The third-order valence-corrected chi connectivity index (χ3v) is 3.43. The van der Waals surface area contributed by atoms with Gasteiger partial charge in [-0.2, -0.15) is 0 Å². The molecule has 0 saturated carbocycles. The Labute approximate surface area is 93.2 Å². The van der Waals surface area contributed by atoms with Crippen molar-refractivity contribution in [1.82, 2.24) is 10.3 Å². The van der Waals surface area contributed by atoms with Crippen molar-refractivity contribution in [3.63, 3.8) is 0 Å². The van der Waals surface area contributed by atoms with Crippen LogP contribution in [0.1, 0.15) is 47.0 Å². The van der Waals surface area contributed by atoms with Crippen LogP contribution in [0.4, 0.5) is 0 Å². The zero-order valence-electron chi connectivity index (χ0n) is 10.6. The van der Waals surface area contributed by atoms with Crippen LogP contribution in [0.2, 0.25) is 0 Å². The van der Waals surface area contributed by atoms with Crippen LogP contribution in [0, 0.1) is 0 Å². The molecule has 0 rings (SSSR count). The monoisotopic (exact) mass is 215 g/mol. The number of nitrogens with zero attached hydrogens (tertiary/aromatic N) is 1. The summed E-state index contributed by atoms with van der Waals surface area (Å²) in [6.45, 7) is 8.75. The largest absolute Gasteiger partial charge is 0.299 e. The van der Waals surface area contributed by atoms with Crippen LogP contribution < -0.4 is 11.3 Å². The third kappa shape index (κ3) is 4.62. The molecule has 0 aliphatic heterocycles. The first-order chi connectivity index (χ1) is 6.85. The molecule has 4 heteroatoms. The number of carbonyl (C=O) groups excluding carboxylic acids is 1. The molecule has 3 N–H and O–H groups in total. The summed E-state index contributed by atoms with van der Waals surface area (Å²) in [6, 6.07) is 0.386. The van der Waals surface area contributed by atoms with Crippen LogP contribution >= 0.6 is 0 Å². The molecule has 15 heavy (non-hydrogen) atoms. The first-order valence-corrected chi connectivity index (χ1v) is 5.57. The number of hydrogen-bond acceptors (Lipinski definition) is 3. The Morgan fingerprint density at radius 1 is 1.53 bits per heavy atom. The fraction of sp³-hybridized carbons (Fsp3) is 0.909. The molecule has 0 saturated heterocycles. The average molecular weight is 215 g/mol. The van der Waals surface area contributed by atoms with Crippen LogP contribution in [-0.2, 0) is 4.79 Å². The van der Waals surface area contributed by atoms with Crippen LogP contribution in [-0.4, -0.2) is 29.4 Å². The first kappa shape index (κ1) is 14.4. The van der Waals surface area contributed by atoms with Crippen molar-refractivity contribution in [3.8, 4) is 0 Å². The van der Waals surface area contributed by atoms with Crippen LogP contribution in [0.15, 0.2) is 0 Å². The van der Waals surface area contributed by atoms with Crippen molar-refractivity contribution in [2.45, 2.75) is 58.5 Å². The summed E-state index contributed by atoms with van der Waals surface area (Å²) in [4.78, 5) is 13.3. The van der Waals surface area contributed by atoms with Gasteiger partial charge in [0.25, 0.3) is 0 Å². The van der Waals surface area contributed by atoms with E-state index in [0.717, 1.165) is 12.8 Å². The lowest BCUT2D eigenvalue weighted by Gasteiger charge is -2.39. The molecule has 1 atom stereocenters. The summed E-state index contributed by atoms with van der Waals surface area (Å²) >= 11 is 0. The van der Waals surface area contributed by atoms with Gasteiger partial charge in [0.15, 0.2) is 0 Å². The summed E-state index contributed by atoms with van der Waals surface area (Å²) in [7, 11) is 2.11. The fourth-order valence-electron chi connectivity index (χ4n) is 1.45. The normalized spacial score (nSPS) is 14.1. The van der Waals surface area contributed by atoms with Crippen molar-refractivity contribution in [3.05, 3.63) is 0 Å². The molecular weight excluding hydrogens is 190 g/mol. The Hall–Kier alpha value is -0.610. The van der Waals surface area contributed by atoms with E-state index in [1.807, 2.05) is 0 Å². The van der Waals surface area contributed by atoms with E-state index in [2.05, 4.69) is 45.1 Å². The van der Waals surface area contributed by atoms with Gasteiger partial charge >= 0.3 is 0 Å². The molecule has 1 amide bonds. The quantitative estimate of drug-likeness (QED) is 0.398. The lowest BCUT2D eigenvalue weighted by Crippen LogP contribution is -2.46. The number of nitrogens with one attached hydrogen (secondary N) is 1. The SMILES string of the molecule is CCC(C)(C)N(C)C(C)CCC(=O)NN. The van der Waals surface area contributed by atoms with E-state index in [9.17, 15) is 4.79 Å².